The van der Waals surface area contributed by atoms with E-state index in [0.717, 1.165) is 0 Å². The zero-order valence-electron chi connectivity index (χ0n) is 19.3. The highest BCUT2D eigenvalue weighted by Crippen LogP contribution is 2.33. The molecule has 2 aromatic heterocycles. The maximum Gasteiger partial charge on any atom is 0.352 e. The van der Waals surface area contributed by atoms with E-state index in [2.05, 4.69) is 10.6 Å². The first kappa shape index (κ1) is 23.8. The topological polar surface area (TPSA) is 144 Å². The molecule has 11 nitrogen and oxygen atoms in total. The molecule has 2 amide bonds. The van der Waals surface area contributed by atoms with Crippen molar-refractivity contribution in [2.24, 2.45) is 14.1 Å². The zero-order valence-corrected chi connectivity index (χ0v) is 19.3. The summed E-state index contributed by atoms with van der Waals surface area (Å²) >= 11 is 0. The van der Waals surface area contributed by atoms with Crippen molar-refractivity contribution < 1.29 is 33.8 Å². The molecule has 11 heteroatoms. The Morgan fingerprint density at radius 1 is 1.00 bits per heavy atom. The number of rotatable bonds is 8. The van der Waals surface area contributed by atoms with Gasteiger partial charge in [-0.1, -0.05) is 18.2 Å². The minimum atomic E-state index is -1.20. The first-order valence-electron chi connectivity index (χ1n) is 10.7. The third kappa shape index (κ3) is 5.09. The fourth-order valence-electron chi connectivity index (χ4n) is 3.58. The second kappa shape index (κ2) is 9.11. The van der Waals surface area contributed by atoms with E-state index in [0.29, 0.717) is 16.9 Å². The number of carbonyl (C=O) groups is 4. The third-order valence-electron chi connectivity index (χ3n) is 5.61. The van der Waals surface area contributed by atoms with Crippen LogP contribution in [0.15, 0.2) is 54.9 Å². The maximum atomic E-state index is 13.0. The van der Waals surface area contributed by atoms with Gasteiger partial charge in [0, 0.05) is 26.5 Å². The molecule has 2 atom stereocenters. The molecule has 4 rings (SSSR count). The first-order chi connectivity index (χ1) is 16.6. The van der Waals surface area contributed by atoms with Crippen molar-refractivity contribution in [2.75, 3.05) is 17.2 Å². The number of nitrogens with zero attached hydrogens (tertiary/aromatic N) is 2. The highest BCUT2D eigenvalue weighted by Gasteiger charge is 2.53. The Hall–Kier alpha value is -4.38. The number of hydrogen-bond donors (Lipinski definition) is 3. The first-order valence-corrected chi connectivity index (χ1v) is 10.7. The van der Waals surface area contributed by atoms with Crippen LogP contribution in [0.4, 0.5) is 11.4 Å². The molecular formula is C24H24N4O7. The molecule has 0 spiro atoms. The van der Waals surface area contributed by atoms with Crippen LogP contribution in [0.25, 0.3) is 0 Å². The number of amides is 2. The summed E-state index contributed by atoms with van der Waals surface area (Å²) in [6.07, 6.45) is 1.81. The lowest BCUT2D eigenvalue weighted by Gasteiger charge is -2.20. The number of carboxylic acid groups (broad SMARTS) is 1. The number of anilines is 2. The molecule has 3 N–H and O–H groups in total. The van der Waals surface area contributed by atoms with Gasteiger partial charge in [0.25, 0.3) is 11.8 Å². The van der Waals surface area contributed by atoms with Gasteiger partial charge in [0.2, 0.25) is 6.10 Å². The van der Waals surface area contributed by atoms with Crippen LogP contribution >= 0.6 is 0 Å². The van der Waals surface area contributed by atoms with E-state index in [1.54, 1.807) is 51.4 Å². The molecule has 182 valence electrons. The normalized spacial score (nSPS) is 17.3. The molecular weight excluding hydrogens is 456 g/mol. The van der Waals surface area contributed by atoms with Crippen molar-refractivity contribution in [1.82, 2.24) is 9.13 Å². The molecule has 1 aliphatic heterocycles. The standard InChI is InChI=1S/C24H24N4O7/c1-24(13-34-24)19(35-23(33)14-7-5-4-6-8-14)21(30)26-15-9-17(27(2)11-15)20(29)25-16-10-18(22(31)32)28(3)12-16/h4-12,19H,13H2,1-3H3,(H,25,29)(H,26,30)(H,31,32)/t19-,24+/m1/s1. The number of epoxide rings is 1. The van der Waals surface area contributed by atoms with Crippen molar-refractivity contribution in [3.8, 4) is 0 Å². The summed E-state index contributed by atoms with van der Waals surface area (Å²) in [5.74, 6) is -2.87. The van der Waals surface area contributed by atoms with Crippen LogP contribution in [0.3, 0.4) is 0 Å². The van der Waals surface area contributed by atoms with Gasteiger partial charge in [-0.3, -0.25) is 9.59 Å². The number of aromatic carboxylic acids is 1. The minimum Gasteiger partial charge on any atom is -0.477 e. The summed E-state index contributed by atoms with van der Waals surface area (Å²) in [7, 11) is 3.18. The Morgan fingerprint density at radius 2 is 1.57 bits per heavy atom. The van der Waals surface area contributed by atoms with E-state index in [9.17, 15) is 19.2 Å². The van der Waals surface area contributed by atoms with Crippen LogP contribution in [0.2, 0.25) is 0 Å². The third-order valence-corrected chi connectivity index (χ3v) is 5.61. The summed E-state index contributed by atoms with van der Waals surface area (Å²) < 4.78 is 13.7. The molecule has 0 saturated carbocycles. The van der Waals surface area contributed by atoms with Crippen LogP contribution in [0, 0.1) is 0 Å². The average Bonchev–Trinajstić information content (AvgIpc) is 3.28. The van der Waals surface area contributed by atoms with Gasteiger partial charge >= 0.3 is 11.9 Å². The van der Waals surface area contributed by atoms with Gasteiger partial charge in [-0.15, -0.1) is 0 Å². The maximum absolute atomic E-state index is 13.0. The van der Waals surface area contributed by atoms with Gasteiger partial charge in [-0.2, -0.15) is 0 Å². The van der Waals surface area contributed by atoms with E-state index in [4.69, 9.17) is 14.6 Å². The van der Waals surface area contributed by atoms with Crippen LogP contribution in [0.5, 0.6) is 0 Å². The zero-order chi connectivity index (χ0) is 25.3. The Bertz CT molecular complexity index is 1300. The number of aromatic nitrogens is 2. The van der Waals surface area contributed by atoms with Crippen molar-refractivity contribution in [3.63, 3.8) is 0 Å². The number of nitrogens with one attached hydrogen (secondary N) is 2. The van der Waals surface area contributed by atoms with Gasteiger partial charge in [0.05, 0.1) is 23.5 Å². The molecule has 0 radical (unpaired) electrons. The van der Waals surface area contributed by atoms with E-state index < -0.39 is 35.5 Å². The summed E-state index contributed by atoms with van der Waals surface area (Å²) in [5.41, 5.74) is 0.221. The Balaban J connectivity index is 1.46. The molecule has 1 fully saturated rings. The molecule has 1 aliphatic rings. The van der Waals surface area contributed by atoms with Crippen LogP contribution in [-0.4, -0.2) is 56.3 Å². The average molecular weight is 480 g/mol. The molecule has 3 aromatic rings. The lowest BCUT2D eigenvalue weighted by Crippen LogP contribution is -2.42. The number of hydrogen-bond acceptors (Lipinski definition) is 6. The number of ether oxygens (including phenoxy) is 2. The molecule has 1 saturated heterocycles. The monoisotopic (exact) mass is 480 g/mol. The van der Waals surface area contributed by atoms with E-state index in [1.807, 2.05) is 0 Å². The molecule has 3 heterocycles. The molecule has 35 heavy (non-hydrogen) atoms. The van der Waals surface area contributed by atoms with Crippen molar-refractivity contribution >= 4 is 35.1 Å². The van der Waals surface area contributed by atoms with E-state index in [1.165, 1.54) is 33.7 Å². The quantitative estimate of drug-likeness (QED) is 0.331. The van der Waals surface area contributed by atoms with Crippen LogP contribution in [-0.2, 0) is 28.4 Å². The number of benzene rings is 1. The predicted molar refractivity (Wildman–Crippen MR) is 124 cm³/mol. The fraction of sp³-hybridized carbons (Fsp3) is 0.250. The predicted octanol–water partition coefficient (Wildman–Crippen LogP) is 2.27. The van der Waals surface area contributed by atoms with Gasteiger partial charge < -0.3 is 34.3 Å². The number of aryl methyl sites for hydroxylation is 2. The SMILES string of the molecule is Cn1cc(NC(=O)c2cc(NC(=O)[C@@H](OC(=O)c3ccccc3)[C@]3(C)CO3)cn2C)cc1C(=O)O. The highest BCUT2D eigenvalue weighted by atomic mass is 16.6. The summed E-state index contributed by atoms with van der Waals surface area (Å²) in [4.78, 5) is 49.5. The van der Waals surface area contributed by atoms with Crippen molar-refractivity contribution in [3.05, 3.63) is 71.8 Å². The largest absolute Gasteiger partial charge is 0.477 e. The number of carbonyl (C=O) groups excluding carboxylic acids is 3. The second-order valence-corrected chi connectivity index (χ2v) is 8.45. The van der Waals surface area contributed by atoms with E-state index >= 15 is 0 Å². The summed E-state index contributed by atoms with van der Waals surface area (Å²) in [5, 5.41) is 14.5. The van der Waals surface area contributed by atoms with Gasteiger partial charge in [0.15, 0.2) is 0 Å². The van der Waals surface area contributed by atoms with Crippen molar-refractivity contribution in [1.29, 1.82) is 0 Å². The Kier molecular flexibility index (Phi) is 6.18. The van der Waals surface area contributed by atoms with Crippen LogP contribution in [0.1, 0.15) is 38.3 Å². The van der Waals surface area contributed by atoms with Crippen LogP contribution < -0.4 is 10.6 Å². The van der Waals surface area contributed by atoms with Crippen molar-refractivity contribution in [2.45, 2.75) is 18.6 Å². The van der Waals surface area contributed by atoms with Gasteiger partial charge in [-0.25, -0.2) is 9.59 Å². The smallest absolute Gasteiger partial charge is 0.352 e. The number of esters is 1. The second-order valence-electron chi connectivity index (χ2n) is 8.45. The fourth-order valence-corrected chi connectivity index (χ4v) is 3.58. The Labute approximate surface area is 200 Å². The summed E-state index contributed by atoms with van der Waals surface area (Å²) in [6.45, 7) is 1.93. The molecule has 1 aromatic carbocycles. The Morgan fingerprint density at radius 3 is 2.14 bits per heavy atom. The summed E-state index contributed by atoms with van der Waals surface area (Å²) in [6, 6.07) is 11.1. The number of carboxylic acids is 1. The lowest BCUT2D eigenvalue weighted by molar-refractivity contribution is -0.127. The minimum absolute atomic E-state index is 0.0204. The van der Waals surface area contributed by atoms with E-state index in [-0.39, 0.29) is 18.0 Å². The molecule has 0 bridgehead atoms. The van der Waals surface area contributed by atoms with Gasteiger partial charge in [-0.05, 0) is 31.2 Å². The molecule has 0 unspecified atom stereocenters. The highest BCUT2D eigenvalue weighted by molar-refractivity contribution is 6.05. The lowest BCUT2D eigenvalue weighted by atomic mass is 10.1. The van der Waals surface area contributed by atoms with Gasteiger partial charge in [0.1, 0.15) is 17.0 Å². The molecule has 0 aliphatic carbocycles.